The highest BCUT2D eigenvalue weighted by Crippen LogP contribution is 2.21. The third-order valence-electron chi connectivity index (χ3n) is 2.95. The predicted octanol–water partition coefficient (Wildman–Crippen LogP) is 0.0315. The van der Waals surface area contributed by atoms with Crippen molar-refractivity contribution in [1.82, 2.24) is 9.97 Å². The molecule has 0 aromatic carbocycles. The van der Waals surface area contributed by atoms with Gasteiger partial charge in [-0.1, -0.05) is 0 Å². The van der Waals surface area contributed by atoms with Crippen LogP contribution in [0.3, 0.4) is 0 Å². The van der Waals surface area contributed by atoms with Gasteiger partial charge in [-0.05, 0) is 6.42 Å². The summed E-state index contributed by atoms with van der Waals surface area (Å²) in [6, 6.07) is 1.58. The number of hydrogen-bond donors (Lipinski definition) is 0. The van der Waals surface area contributed by atoms with Gasteiger partial charge < -0.3 is 4.74 Å². The van der Waals surface area contributed by atoms with Gasteiger partial charge in [0.05, 0.1) is 24.3 Å². The molecule has 1 saturated heterocycles. The Labute approximate surface area is 105 Å². The van der Waals surface area contributed by atoms with Crippen LogP contribution in [0.1, 0.15) is 12.1 Å². The van der Waals surface area contributed by atoms with Gasteiger partial charge in [0.15, 0.2) is 9.84 Å². The van der Waals surface area contributed by atoms with E-state index in [1.165, 1.54) is 13.4 Å². The molecule has 0 saturated carbocycles. The van der Waals surface area contributed by atoms with Crippen LogP contribution in [0.2, 0.25) is 0 Å². The van der Waals surface area contributed by atoms with Gasteiger partial charge in [-0.2, -0.15) is 0 Å². The molecule has 0 aliphatic carbocycles. The van der Waals surface area contributed by atoms with E-state index in [0.717, 1.165) is 0 Å². The first kappa shape index (κ1) is 12.9. The molecule has 1 atom stereocenters. The number of ether oxygens (including phenoxy) is 1. The van der Waals surface area contributed by atoms with Crippen LogP contribution in [0.4, 0.5) is 0 Å². The quantitative estimate of drug-likeness (QED) is 0.767. The highest BCUT2D eigenvalue weighted by molar-refractivity contribution is 7.91. The second-order valence-electron chi connectivity index (χ2n) is 4.29. The molecule has 7 heteroatoms. The van der Waals surface area contributed by atoms with Gasteiger partial charge in [-0.15, -0.1) is 0 Å². The molecule has 1 aromatic heterocycles. The number of ketones is 1. The maximum atomic E-state index is 11.9. The summed E-state index contributed by atoms with van der Waals surface area (Å²) in [6.07, 6.45) is 1.87. The zero-order chi connectivity index (χ0) is 13.2. The maximum absolute atomic E-state index is 11.9. The van der Waals surface area contributed by atoms with Crippen LogP contribution in [-0.2, 0) is 21.1 Å². The number of nitrogens with zero attached hydrogens (tertiary/aromatic N) is 2. The van der Waals surface area contributed by atoms with Crippen LogP contribution in [0.5, 0.6) is 5.88 Å². The first-order valence-electron chi connectivity index (χ1n) is 5.58. The number of hydrogen-bond acceptors (Lipinski definition) is 6. The van der Waals surface area contributed by atoms with Crippen molar-refractivity contribution in [2.24, 2.45) is 5.92 Å². The number of Topliss-reactive ketones (excluding diaryl/α,β-unsaturated/α-hetero) is 1. The Hall–Kier alpha value is -1.50. The smallest absolute Gasteiger partial charge is 0.216 e. The van der Waals surface area contributed by atoms with Gasteiger partial charge in [0.2, 0.25) is 5.88 Å². The average Bonchev–Trinajstić information content (AvgIpc) is 2.70. The maximum Gasteiger partial charge on any atom is 0.216 e. The van der Waals surface area contributed by atoms with Gasteiger partial charge in [-0.25, -0.2) is 18.4 Å². The zero-order valence-corrected chi connectivity index (χ0v) is 10.8. The van der Waals surface area contributed by atoms with E-state index < -0.39 is 15.8 Å². The lowest BCUT2D eigenvalue weighted by atomic mass is 10.00. The van der Waals surface area contributed by atoms with E-state index >= 15 is 0 Å². The third-order valence-corrected chi connectivity index (χ3v) is 4.72. The normalized spacial score (nSPS) is 21.7. The second-order valence-corrected chi connectivity index (χ2v) is 6.52. The standard InChI is InChI=1S/C11H14N2O4S/c1-17-11-5-9(12-7-13-11)4-10(14)8-2-3-18(15,16)6-8/h5,7-8H,2-4,6H2,1H3. The van der Waals surface area contributed by atoms with Crippen molar-refractivity contribution in [3.8, 4) is 5.88 Å². The van der Waals surface area contributed by atoms with Gasteiger partial charge in [-0.3, -0.25) is 4.79 Å². The highest BCUT2D eigenvalue weighted by atomic mass is 32.2. The molecule has 1 aliphatic rings. The van der Waals surface area contributed by atoms with Gasteiger partial charge in [0, 0.05) is 18.4 Å². The summed E-state index contributed by atoms with van der Waals surface area (Å²) in [7, 11) is -1.54. The van der Waals surface area contributed by atoms with Crippen LogP contribution in [0.25, 0.3) is 0 Å². The lowest BCUT2D eigenvalue weighted by molar-refractivity contribution is -0.121. The molecule has 0 spiro atoms. The molecule has 18 heavy (non-hydrogen) atoms. The lowest BCUT2D eigenvalue weighted by Crippen LogP contribution is -2.18. The van der Waals surface area contributed by atoms with E-state index in [2.05, 4.69) is 9.97 Å². The fraction of sp³-hybridized carbons (Fsp3) is 0.545. The summed E-state index contributed by atoms with van der Waals surface area (Å²) in [5.74, 6) is -0.00971. The molecule has 98 valence electrons. The second kappa shape index (κ2) is 5.01. The van der Waals surface area contributed by atoms with Crippen molar-refractivity contribution in [2.45, 2.75) is 12.8 Å². The van der Waals surface area contributed by atoms with E-state index in [4.69, 9.17) is 4.74 Å². The van der Waals surface area contributed by atoms with Crippen LogP contribution in [0, 0.1) is 5.92 Å². The Morgan fingerprint density at radius 1 is 1.50 bits per heavy atom. The SMILES string of the molecule is COc1cc(CC(=O)C2CCS(=O)(=O)C2)ncn1. The lowest BCUT2D eigenvalue weighted by Gasteiger charge is -2.06. The van der Waals surface area contributed by atoms with Crippen molar-refractivity contribution in [2.75, 3.05) is 18.6 Å². The van der Waals surface area contributed by atoms with E-state index in [0.29, 0.717) is 18.0 Å². The summed E-state index contributed by atoms with van der Waals surface area (Å²) < 4.78 is 27.5. The molecule has 2 heterocycles. The molecule has 0 bridgehead atoms. The van der Waals surface area contributed by atoms with Crippen molar-refractivity contribution in [3.05, 3.63) is 18.1 Å². The summed E-state index contributed by atoms with van der Waals surface area (Å²) in [5.41, 5.74) is 0.552. The monoisotopic (exact) mass is 270 g/mol. The Kier molecular flexibility index (Phi) is 3.60. The molecule has 1 fully saturated rings. The van der Waals surface area contributed by atoms with Crippen molar-refractivity contribution >= 4 is 15.6 Å². The first-order chi connectivity index (χ1) is 8.50. The molecule has 2 rings (SSSR count). The molecule has 1 aliphatic heterocycles. The molecule has 1 unspecified atom stereocenters. The summed E-state index contributed by atoms with van der Waals surface area (Å²) in [5, 5.41) is 0. The summed E-state index contributed by atoms with van der Waals surface area (Å²) >= 11 is 0. The van der Waals surface area contributed by atoms with Crippen LogP contribution in [0.15, 0.2) is 12.4 Å². The number of carbonyl (C=O) groups is 1. The number of aromatic nitrogens is 2. The Balaban J connectivity index is 2.03. The average molecular weight is 270 g/mol. The van der Waals surface area contributed by atoms with E-state index in [1.54, 1.807) is 6.07 Å². The van der Waals surface area contributed by atoms with Crippen molar-refractivity contribution in [1.29, 1.82) is 0 Å². The number of sulfone groups is 1. The van der Waals surface area contributed by atoms with Gasteiger partial charge in [0.1, 0.15) is 12.1 Å². The molecule has 6 nitrogen and oxygen atoms in total. The van der Waals surface area contributed by atoms with Crippen molar-refractivity contribution in [3.63, 3.8) is 0 Å². The predicted molar refractivity (Wildman–Crippen MR) is 64.1 cm³/mol. The van der Waals surface area contributed by atoms with E-state index in [-0.39, 0.29) is 23.7 Å². The van der Waals surface area contributed by atoms with Crippen LogP contribution < -0.4 is 4.74 Å². The molecular formula is C11H14N2O4S. The molecular weight excluding hydrogens is 256 g/mol. The minimum Gasteiger partial charge on any atom is -0.481 e. The molecule has 0 N–H and O–H groups in total. The Morgan fingerprint density at radius 2 is 2.28 bits per heavy atom. The van der Waals surface area contributed by atoms with Gasteiger partial charge >= 0.3 is 0 Å². The van der Waals surface area contributed by atoms with E-state index in [1.807, 2.05) is 0 Å². The largest absolute Gasteiger partial charge is 0.481 e. The Morgan fingerprint density at radius 3 is 2.89 bits per heavy atom. The topological polar surface area (TPSA) is 86.2 Å². The molecule has 0 amide bonds. The van der Waals surface area contributed by atoms with Gasteiger partial charge in [0.25, 0.3) is 0 Å². The summed E-state index contributed by atoms with van der Waals surface area (Å²) in [6.45, 7) is 0. The van der Waals surface area contributed by atoms with Crippen LogP contribution >= 0.6 is 0 Å². The fourth-order valence-corrected chi connectivity index (χ4v) is 3.73. The van der Waals surface area contributed by atoms with Crippen molar-refractivity contribution < 1.29 is 17.9 Å². The highest BCUT2D eigenvalue weighted by Gasteiger charge is 2.32. The zero-order valence-electron chi connectivity index (χ0n) is 10.00. The summed E-state index contributed by atoms with van der Waals surface area (Å²) in [4.78, 5) is 19.8. The number of carbonyl (C=O) groups excluding carboxylic acids is 1. The fourth-order valence-electron chi connectivity index (χ4n) is 1.96. The molecule has 0 radical (unpaired) electrons. The minimum absolute atomic E-state index is 0.0337. The molecule has 1 aromatic rings. The third kappa shape index (κ3) is 3.04. The van der Waals surface area contributed by atoms with E-state index in [9.17, 15) is 13.2 Å². The van der Waals surface area contributed by atoms with Crippen LogP contribution in [-0.4, -0.2) is 42.8 Å². The minimum atomic E-state index is -3.02. The number of rotatable bonds is 4. The Bertz CT molecular complexity index is 556. The number of methoxy groups -OCH3 is 1. The first-order valence-corrected chi connectivity index (χ1v) is 7.40.